The van der Waals surface area contributed by atoms with E-state index in [4.69, 9.17) is 9.47 Å². The molecule has 25 heavy (non-hydrogen) atoms. The molecule has 0 aliphatic carbocycles. The third kappa shape index (κ3) is 4.87. The fourth-order valence-electron chi connectivity index (χ4n) is 3.33. The maximum absolute atomic E-state index is 9.81. The zero-order chi connectivity index (χ0) is 18.4. The Morgan fingerprint density at radius 1 is 1.24 bits per heavy atom. The Morgan fingerprint density at radius 3 is 2.60 bits per heavy atom. The molecule has 5 nitrogen and oxygen atoms in total. The van der Waals surface area contributed by atoms with Crippen molar-refractivity contribution in [2.45, 2.75) is 52.3 Å². The minimum Gasteiger partial charge on any atom is -0.490 e. The predicted molar refractivity (Wildman–Crippen MR) is 100 cm³/mol. The quantitative estimate of drug-likeness (QED) is 0.757. The lowest BCUT2D eigenvalue weighted by Gasteiger charge is -2.41. The first-order valence-electron chi connectivity index (χ1n) is 9.27. The summed E-state index contributed by atoms with van der Waals surface area (Å²) in [7, 11) is 2.16. The van der Waals surface area contributed by atoms with Crippen molar-refractivity contribution >= 4 is 0 Å². The molecule has 1 heterocycles. The lowest BCUT2D eigenvalue weighted by Crippen LogP contribution is -2.51. The Morgan fingerprint density at radius 2 is 2.00 bits per heavy atom. The van der Waals surface area contributed by atoms with Crippen LogP contribution in [0.1, 0.15) is 45.7 Å². The highest BCUT2D eigenvalue weighted by atomic mass is 16.5. The van der Waals surface area contributed by atoms with Crippen molar-refractivity contribution in [1.29, 1.82) is 5.26 Å². The van der Waals surface area contributed by atoms with Crippen LogP contribution in [-0.4, -0.2) is 55.2 Å². The zero-order valence-electron chi connectivity index (χ0n) is 16.2. The van der Waals surface area contributed by atoms with E-state index in [9.17, 15) is 5.26 Å². The molecule has 1 aliphatic heterocycles. The minimum atomic E-state index is -0.255. The summed E-state index contributed by atoms with van der Waals surface area (Å²) in [5.74, 6) is 1.46. The van der Waals surface area contributed by atoms with Gasteiger partial charge in [-0.05, 0) is 51.9 Å². The molecule has 1 fully saturated rings. The Kier molecular flexibility index (Phi) is 7.10. The van der Waals surface area contributed by atoms with Crippen molar-refractivity contribution in [3.63, 3.8) is 0 Å². The number of hydrogen-bond donors (Lipinski definition) is 0. The average molecular weight is 345 g/mol. The zero-order valence-corrected chi connectivity index (χ0v) is 16.2. The second kappa shape index (κ2) is 9.07. The highest BCUT2D eigenvalue weighted by Crippen LogP contribution is 2.33. The molecule has 2 unspecified atom stereocenters. The van der Waals surface area contributed by atoms with Gasteiger partial charge in [-0.15, -0.1) is 0 Å². The molecule has 1 aliphatic rings. The molecule has 0 radical (unpaired) electrons. The molecule has 0 bridgehead atoms. The Bertz CT molecular complexity index is 597. The van der Waals surface area contributed by atoms with E-state index in [2.05, 4.69) is 29.8 Å². The third-order valence-corrected chi connectivity index (χ3v) is 4.71. The first-order chi connectivity index (χ1) is 12.0. The van der Waals surface area contributed by atoms with Crippen molar-refractivity contribution in [1.82, 2.24) is 9.80 Å². The number of hydrogen-bond acceptors (Lipinski definition) is 5. The van der Waals surface area contributed by atoms with Crippen LogP contribution in [-0.2, 0) is 0 Å². The minimum absolute atomic E-state index is 0.0831. The molecule has 0 amide bonds. The number of likely N-dealkylation sites (N-methyl/N-ethyl adjacent to an activating group) is 1. The molecular weight excluding hydrogens is 314 g/mol. The van der Waals surface area contributed by atoms with E-state index in [1.54, 1.807) is 0 Å². The van der Waals surface area contributed by atoms with Crippen LogP contribution in [0.5, 0.6) is 11.5 Å². The molecule has 2 rings (SSSR count). The second-order valence-corrected chi connectivity index (χ2v) is 6.88. The molecule has 1 aromatic carbocycles. The van der Waals surface area contributed by atoms with Crippen LogP contribution in [0.15, 0.2) is 18.2 Å². The molecule has 1 aromatic rings. The lowest BCUT2D eigenvalue weighted by atomic mass is 10.0. The Balaban J connectivity index is 2.25. The third-order valence-electron chi connectivity index (χ3n) is 4.71. The maximum Gasteiger partial charge on any atom is 0.161 e. The number of nitrogens with zero attached hydrogens (tertiary/aromatic N) is 3. The van der Waals surface area contributed by atoms with Gasteiger partial charge in [0.15, 0.2) is 11.5 Å². The van der Waals surface area contributed by atoms with Gasteiger partial charge in [-0.25, -0.2) is 0 Å². The molecule has 1 saturated heterocycles. The van der Waals surface area contributed by atoms with E-state index in [1.165, 1.54) is 0 Å². The van der Waals surface area contributed by atoms with E-state index in [0.717, 1.165) is 43.1 Å². The largest absolute Gasteiger partial charge is 0.490 e. The summed E-state index contributed by atoms with van der Waals surface area (Å²) in [4.78, 5) is 4.67. The number of nitriles is 1. The maximum atomic E-state index is 9.81. The normalized spacial score (nSPS) is 20.3. The Hall–Kier alpha value is -1.77. The highest BCUT2D eigenvalue weighted by Gasteiger charge is 2.29. The van der Waals surface area contributed by atoms with Crippen LogP contribution in [0, 0.1) is 11.3 Å². The first-order valence-corrected chi connectivity index (χ1v) is 9.27. The summed E-state index contributed by atoms with van der Waals surface area (Å²) in [6, 6.07) is 8.62. The molecule has 5 heteroatoms. The van der Waals surface area contributed by atoms with Gasteiger partial charge in [0.2, 0.25) is 0 Å². The molecule has 0 N–H and O–H groups in total. The van der Waals surface area contributed by atoms with Gasteiger partial charge in [-0.2, -0.15) is 5.26 Å². The molecule has 0 spiro atoms. The number of piperazine rings is 1. The summed E-state index contributed by atoms with van der Waals surface area (Å²) >= 11 is 0. The molecule has 138 valence electrons. The fraction of sp³-hybridized carbons (Fsp3) is 0.650. The van der Waals surface area contributed by atoms with Crippen LogP contribution in [0.25, 0.3) is 0 Å². The number of rotatable bonds is 7. The van der Waals surface area contributed by atoms with Crippen LogP contribution < -0.4 is 9.47 Å². The molecule has 0 aromatic heterocycles. The van der Waals surface area contributed by atoms with Crippen molar-refractivity contribution in [2.75, 3.05) is 33.3 Å². The van der Waals surface area contributed by atoms with Gasteiger partial charge >= 0.3 is 0 Å². The van der Waals surface area contributed by atoms with Crippen LogP contribution in [0.4, 0.5) is 0 Å². The SMILES string of the molecule is CCOc1cc(C(C#N)N2CCN(C)C(CC)C2)ccc1OC(C)C. The fourth-order valence-corrected chi connectivity index (χ4v) is 3.33. The smallest absolute Gasteiger partial charge is 0.161 e. The van der Waals surface area contributed by atoms with Crippen molar-refractivity contribution in [2.24, 2.45) is 0 Å². The van der Waals surface area contributed by atoms with E-state index in [0.29, 0.717) is 12.6 Å². The van der Waals surface area contributed by atoms with Gasteiger partial charge in [-0.3, -0.25) is 4.90 Å². The van der Waals surface area contributed by atoms with Gasteiger partial charge in [0.05, 0.1) is 18.8 Å². The summed E-state index contributed by atoms with van der Waals surface area (Å²) in [5, 5.41) is 9.81. The lowest BCUT2D eigenvalue weighted by molar-refractivity contribution is 0.0772. The van der Waals surface area contributed by atoms with Crippen molar-refractivity contribution in [3.05, 3.63) is 23.8 Å². The second-order valence-electron chi connectivity index (χ2n) is 6.88. The van der Waals surface area contributed by atoms with E-state index in [-0.39, 0.29) is 12.1 Å². The highest BCUT2D eigenvalue weighted by molar-refractivity contribution is 5.45. The first kappa shape index (κ1) is 19.6. The van der Waals surface area contributed by atoms with E-state index in [1.807, 2.05) is 39.0 Å². The molecule has 0 saturated carbocycles. The monoisotopic (exact) mass is 345 g/mol. The van der Waals surface area contributed by atoms with Gasteiger partial charge < -0.3 is 14.4 Å². The van der Waals surface area contributed by atoms with E-state index >= 15 is 0 Å². The van der Waals surface area contributed by atoms with Crippen LogP contribution >= 0.6 is 0 Å². The standard InChI is InChI=1S/C20H31N3O2/c1-6-17-14-23(11-10-22(17)5)18(13-21)16-8-9-19(25-15(3)4)20(12-16)24-7-2/h8-9,12,15,17-18H,6-7,10-11,14H2,1-5H3. The van der Waals surface area contributed by atoms with Crippen LogP contribution in [0.2, 0.25) is 0 Å². The predicted octanol–water partition coefficient (Wildman–Crippen LogP) is 3.46. The average Bonchev–Trinajstić information content (AvgIpc) is 2.59. The van der Waals surface area contributed by atoms with Gasteiger partial charge in [0.25, 0.3) is 0 Å². The molecular formula is C20H31N3O2. The Labute approximate surface area is 152 Å². The summed E-state index contributed by atoms with van der Waals surface area (Å²) in [6.45, 7) is 11.5. The topological polar surface area (TPSA) is 48.7 Å². The summed E-state index contributed by atoms with van der Waals surface area (Å²) < 4.78 is 11.6. The summed E-state index contributed by atoms with van der Waals surface area (Å²) in [5.41, 5.74) is 0.974. The van der Waals surface area contributed by atoms with Crippen molar-refractivity contribution in [3.8, 4) is 17.6 Å². The number of benzene rings is 1. The molecule has 2 atom stereocenters. The summed E-state index contributed by atoms with van der Waals surface area (Å²) in [6.07, 6.45) is 1.18. The van der Waals surface area contributed by atoms with Gasteiger partial charge in [0, 0.05) is 25.7 Å². The van der Waals surface area contributed by atoms with Crippen molar-refractivity contribution < 1.29 is 9.47 Å². The van der Waals surface area contributed by atoms with E-state index < -0.39 is 0 Å². The number of ether oxygens (including phenoxy) is 2. The van der Waals surface area contributed by atoms with Gasteiger partial charge in [-0.1, -0.05) is 13.0 Å². The van der Waals surface area contributed by atoms with Crippen LogP contribution in [0.3, 0.4) is 0 Å². The van der Waals surface area contributed by atoms with Gasteiger partial charge in [0.1, 0.15) is 6.04 Å².